The van der Waals surface area contributed by atoms with Gasteiger partial charge in [-0.15, -0.1) is 0 Å². The van der Waals surface area contributed by atoms with Crippen LogP contribution in [-0.4, -0.2) is 46.1 Å². The molecule has 92 valence electrons. The van der Waals surface area contributed by atoms with Crippen molar-refractivity contribution in [2.75, 3.05) is 6.61 Å². The average Bonchev–Trinajstić information content (AvgIpc) is 2.53. The van der Waals surface area contributed by atoms with Gasteiger partial charge in [0, 0.05) is 6.61 Å². The van der Waals surface area contributed by atoms with Crippen LogP contribution in [0.1, 0.15) is 6.42 Å². The highest BCUT2D eigenvalue weighted by Gasteiger charge is 2.72. The second-order valence-corrected chi connectivity index (χ2v) is 4.27. The molecule has 4 aliphatic carbocycles. The van der Waals surface area contributed by atoms with Crippen LogP contribution in [0.2, 0.25) is 0 Å². The van der Waals surface area contributed by atoms with Crippen molar-refractivity contribution >= 4 is 12.9 Å². The first kappa shape index (κ1) is 12.9. The maximum atomic E-state index is 9.54. The zero-order chi connectivity index (χ0) is 12.3. The molecule has 0 saturated heterocycles. The van der Waals surface area contributed by atoms with Crippen molar-refractivity contribution in [2.45, 2.75) is 12.5 Å². The number of carbonyl (C=O) groups is 2. The first-order chi connectivity index (χ1) is 7.67. The van der Waals surface area contributed by atoms with E-state index in [1.165, 1.54) is 6.42 Å². The molecule has 0 radical (unpaired) electrons. The predicted octanol–water partition coefficient (Wildman–Crippen LogP) is -0.747. The summed E-state index contributed by atoms with van der Waals surface area (Å²) >= 11 is 0. The van der Waals surface area contributed by atoms with Crippen LogP contribution < -0.4 is 0 Å². The standard InChI is InChI=1S/C8H12O2.2CH2O2/c9-2-5-3-1-4-6(5)7(4)8(3)10;2*2-1-3/h3-10H,1-2H2;2*1H,(H,2,3). The number of aliphatic hydroxyl groups excluding tert-OH is 2. The van der Waals surface area contributed by atoms with Gasteiger partial charge in [-0.2, -0.15) is 0 Å². The first-order valence-corrected chi connectivity index (χ1v) is 5.12. The van der Waals surface area contributed by atoms with E-state index in [4.69, 9.17) is 24.9 Å². The van der Waals surface area contributed by atoms with Gasteiger partial charge in [-0.3, -0.25) is 9.59 Å². The molecule has 6 nitrogen and oxygen atoms in total. The summed E-state index contributed by atoms with van der Waals surface area (Å²) in [6.45, 7) is -0.195. The Morgan fingerprint density at radius 1 is 1.06 bits per heavy atom. The Balaban J connectivity index is 0.000000185. The SMILES string of the molecule is O=CO.O=CO.OCC1C2CC3C(C2O)C13. The van der Waals surface area contributed by atoms with Gasteiger partial charge in [0.25, 0.3) is 12.9 Å². The number of aliphatic hydroxyl groups is 2. The molecule has 16 heavy (non-hydrogen) atoms. The van der Waals surface area contributed by atoms with Gasteiger partial charge < -0.3 is 20.4 Å². The average molecular weight is 232 g/mol. The summed E-state index contributed by atoms with van der Waals surface area (Å²) in [6, 6.07) is 0. The second-order valence-electron chi connectivity index (χ2n) is 4.27. The van der Waals surface area contributed by atoms with Crippen molar-refractivity contribution < 1.29 is 30.0 Å². The van der Waals surface area contributed by atoms with E-state index in [9.17, 15) is 5.11 Å². The zero-order valence-electron chi connectivity index (χ0n) is 8.64. The van der Waals surface area contributed by atoms with Gasteiger partial charge in [-0.25, -0.2) is 0 Å². The fourth-order valence-corrected chi connectivity index (χ4v) is 3.54. The van der Waals surface area contributed by atoms with Gasteiger partial charge >= 0.3 is 0 Å². The van der Waals surface area contributed by atoms with Crippen LogP contribution in [0.4, 0.5) is 0 Å². The molecule has 0 aromatic carbocycles. The van der Waals surface area contributed by atoms with Crippen molar-refractivity contribution in [3.8, 4) is 0 Å². The van der Waals surface area contributed by atoms with Crippen LogP contribution in [0.15, 0.2) is 0 Å². The predicted molar refractivity (Wildman–Crippen MR) is 52.5 cm³/mol. The molecule has 4 bridgehead atoms. The normalized spacial score (nSPS) is 44.6. The molecule has 6 unspecified atom stereocenters. The van der Waals surface area contributed by atoms with Crippen LogP contribution in [0.25, 0.3) is 0 Å². The Bertz CT molecular complexity index is 250. The second kappa shape index (κ2) is 5.27. The molecule has 0 aromatic rings. The van der Waals surface area contributed by atoms with Crippen molar-refractivity contribution in [3.05, 3.63) is 0 Å². The summed E-state index contributed by atoms with van der Waals surface area (Å²) in [5.74, 6) is 3.04. The van der Waals surface area contributed by atoms with Crippen molar-refractivity contribution in [1.82, 2.24) is 0 Å². The Hall–Kier alpha value is -1.14. The van der Waals surface area contributed by atoms with Gasteiger partial charge in [0.05, 0.1) is 6.10 Å². The smallest absolute Gasteiger partial charge is 0.290 e. The molecule has 4 fully saturated rings. The lowest BCUT2D eigenvalue weighted by molar-refractivity contribution is -0.123. The minimum Gasteiger partial charge on any atom is -0.483 e. The summed E-state index contributed by atoms with van der Waals surface area (Å²) in [5.41, 5.74) is 0. The van der Waals surface area contributed by atoms with Gasteiger partial charge in [-0.1, -0.05) is 0 Å². The highest BCUT2D eigenvalue weighted by molar-refractivity contribution is 5.33. The third-order valence-corrected chi connectivity index (χ3v) is 3.92. The zero-order valence-corrected chi connectivity index (χ0v) is 8.64. The van der Waals surface area contributed by atoms with E-state index in [2.05, 4.69) is 0 Å². The van der Waals surface area contributed by atoms with E-state index in [0.717, 1.165) is 5.92 Å². The Labute approximate surface area is 92.5 Å². The van der Waals surface area contributed by atoms with Gasteiger partial charge in [0.15, 0.2) is 0 Å². The Morgan fingerprint density at radius 3 is 1.69 bits per heavy atom. The lowest BCUT2D eigenvalue weighted by Crippen LogP contribution is -2.18. The van der Waals surface area contributed by atoms with E-state index in [-0.39, 0.29) is 19.0 Å². The lowest BCUT2D eigenvalue weighted by atomic mass is 9.98. The molecule has 6 heteroatoms. The van der Waals surface area contributed by atoms with Crippen molar-refractivity contribution in [2.24, 2.45) is 29.6 Å². The third kappa shape index (κ3) is 1.90. The molecule has 4 N–H and O–H groups in total. The molecule has 4 aliphatic rings. The van der Waals surface area contributed by atoms with Crippen LogP contribution >= 0.6 is 0 Å². The molecule has 0 aromatic heterocycles. The van der Waals surface area contributed by atoms with E-state index < -0.39 is 0 Å². The largest absolute Gasteiger partial charge is 0.483 e. The monoisotopic (exact) mass is 232 g/mol. The summed E-state index contributed by atoms with van der Waals surface area (Å²) in [7, 11) is 0. The Kier molecular flexibility index (Phi) is 4.26. The molecule has 4 saturated carbocycles. The summed E-state index contributed by atoms with van der Waals surface area (Å²) in [5, 5.41) is 32.3. The van der Waals surface area contributed by atoms with E-state index in [1.54, 1.807) is 0 Å². The molecule has 0 spiro atoms. The van der Waals surface area contributed by atoms with Gasteiger partial charge in [0.2, 0.25) is 0 Å². The highest BCUT2D eigenvalue weighted by atomic mass is 16.3. The number of carboxylic acid groups (broad SMARTS) is 2. The van der Waals surface area contributed by atoms with E-state index in [0.29, 0.717) is 30.3 Å². The van der Waals surface area contributed by atoms with Crippen LogP contribution in [0, 0.1) is 29.6 Å². The van der Waals surface area contributed by atoms with Crippen LogP contribution in [0.3, 0.4) is 0 Å². The van der Waals surface area contributed by atoms with Gasteiger partial charge in [-0.05, 0) is 36.0 Å². The molecule has 0 amide bonds. The van der Waals surface area contributed by atoms with Crippen molar-refractivity contribution in [3.63, 3.8) is 0 Å². The molecule has 0 heterocycles. The number of hydrogen-bond donors (Lipinski definition) is 4. The van der Waals surface area contributed by atoms with Crippen LogP contribution in [-0.2, 0) is 9.59 Å². The molecule has 6 atom stereocenters. The maximum absolute atomic E-state index is 9.54. The molecule has 4 rings (SSSR count). The molecule has 0 aliphatic heterocycles. The molecular weight excluding hydrogens is 216 g/mol. The fourth-order valence-electron chi connectivity index (χ4n) is 3.54. The summed E-state index contributed by atoms with van der Waals surface area (Å²) in [6.07, 6.45) is 1.15. The highest BCUT2D eigenvalue weighted by Crippen LogP contribution is 2.72. The van der Waals surface area contributed by atoms with Gasteiger partial charge in [0.1, 0.15) is 0 Å². The van der Waals surface area contributed by atoms with E-state index >= 15 is 0 Å². The fraction of sp³-hybridized carbons (Fsp3) is 0.800. The quantitative estimate of drug-likeness (QED) is 0.442. The summed E-state index contributed by atoms with van der Waals surface area (Å²) < 4.78 is 0. The number of hydrogen-bond acceptors (Lipinski definition) is 4. The topological polar surface area (TPSA) is 115 Å². The number of rotatable bonds is 1. The lowest BCUT2D eigenvalue weighted by Gasteiger charge is -2.13. The maximum Gasteiger partial charge on any atom is 0.290 e. The third-order valence-electron chi connectivity index (χ3n) is 3.92. The summed E-state index contributed by atoms with van der Waals surface area (Å²) in [4.78, 5) is 16.7. The van der Waals surface area contributed by atoms with Crippen molar-refractivity contribution in [1.29, 1.82) is 0 Å². The minimum atomic E-state index is -0.250. The first-order valence-electron chi connectivity index (χ1n) is 5.12. The Morgan fingerprint density at radius 2 is 1.56 bits per heavy atom. The van der Waals surface area contributed by atoms with Crippen LogP contribution in [0.5, 0.6) is 0 Å². The van der Waals surface area contributed by atoms with E-state index in [1.807, 2.05) is 0 Å². The molecular formula is C10H16O6. The minimum absolute atomic E-state index is 0.0489.